The fourth-order valence-electron chi connectivity index (χ4n) is 1.87. The lowest BCUT2D eigenvalue weighted by Gasteiger charge is -2.35. The number of ether oxygens (including phenoxy) is 1. The van der Waals surface area contributed by atoms with Crippen LogP contribution in [0.5, 0.6) is 0 Å². The van der Waals surface area contributed by atoms with Gasteiger partial charge in [-0.2, -0.15) is 0 Å². The molecule has 1 aromatic rings. The number of H-pyrrole nitrogens is 1. The van der Waals surface area contributed by atoms with E-state index in [1.54, 1.807) is 0 Å². The molecule has 3 N–H and O–H groups in total. The van der Waals surface area contributed by atoms with E-state index in [4.69, 9.17) is 40.7 Å². The number of aromatic amines is 1. The van der Waals surface area contributed by atoms with Gasteiger partial charge in [0, 0.05) is 6.20 Å². The molecule has 5 nitrogen and oxygen atoms in total. The van der Waals surface area contributed by atoms with E-state index >= 15 is 0 Å². The Labute approximate surface area is 124 Å². The van der Waals surface area contributed by atoms with E-state index in [0.717, 1.165) is 0 Å². The van der Waals surface area contributed by atoms with Crippen molar-refractivity contribution in [3.8, 4) is 12.3 Å². The molecule has 0 spiro atoms. The molecule has 106 valence electrons. The van der Waals surface area contributed by atoms with Gasteiger partial charge in [-0.05, 0) is 18.3 Å². The fraction of sp³-hybridized carbons (Fsp3) is 0.333. The summed E-state index contributed by atoms with van der Waals surface area (Å²) in [6.07, 6.45) is 4.88. The van der Waals surface area contributed by atoms with Crippen LogP contribution in [0.25, 0.3) is 0 Å². The van der Waals surface area contributed by atoms with Crippen LogP contribution >= 0.6 is 24.4 Å². The van der Waals surface area contributed by atoms with Crippen molar-refractivity contribution in [3.05, 3.63) is 33.2 Å². The van der Waals surface area contributed by atoms with Crippen LogP contribution in [0.4, 0.5) is 4.39 Å². The summed E-state index contributed by atoms with van der Waals surface area (Å²) in [7, 11) is 0. The second kappa shape index (κ2) is 5.36. The first-order valence-electron chi connectivity index (χ1n) is 5.58. The average molecular weight is 314 g/mol. The highest BCUT2D eigenvalue weighted by Crippen LogP contribution is 2.40. The van der Waals surface area contributed by atoms with E-state index in [2.05, 4.69) is 4.98 Å². The third-order valence-electron chi connectivity index (χ3n) is 2.88. The number of allylic oxidation sites excluding steroid dienone is 1. The second-order valence-electron chi connectivity index (χ2n) is 4.20. The predicted molar refractivity (Wildman–Crippen MR) is 74.6 cm³/mol. The summed E-state index contributed by atoms with van der Waals surface area (Å²) in [4.78, 5) is 2.68. The topological polar surface area (TPSA) is 70.4 Å². The molecule has 20 heavy (non-hydrogen) atoms. The van der Waals surface area contributed by atoms with Crippen LogP contribution in [0.15, 0.2) is 23.8 Å². The highest BCUT2D eigenvalue weighted by molar-refractivity contribution is 7.72. The number of nitrogens with zero attached hydrogens (tertiary/aromatic N) is 1. The molecule has 2 rings (SSSR count). The van der Waals surface area contributed by atoms with Crippen molar-refractivity contribution >= 4 is 24.4 Å². The molecule has 2 heterocycles. The number of nitrogens with one attached hydrogen (secondary N) is 1. The molecule has 0 aromatic carbocycles. The molecule has 1 aliphatic rings. The largest absolute Gasteiger partial charge is 0.509 e. The summed E-state index contributed by atoms with van der Waals surface area (Å²) in [6, 6.07) is 1.50. The quantitative estimate of drug-likeness (QED) is 0.577. The van der Waals surface area contributed by atoms with Crippen molar-refractivity contribution in [2.45, 2.75) is 18.3 Å². The van der Waals surface area contributed by atoms with Gasteiger partial charge >= 0.3 is 0 Å². The van der Waals surface area contributed by atoms with E-state index in [9.17, 15) is 9.50 Å². The molecule has 1 unspecified atom stereocenters. The summed E-state index contributed by atoms with van der Waals surface area (Å²) < 4.78 is 21.8. The molecule has 0 bridgehead atoms. The lowest BCUT2D eigenvalue weighted by Crippen LogP contribution is -2.40. The predicted octanol–water partition coefficient (Wildman–Crippen LogP) is 2.30. The van der Waals surface area contributed by atoms with E-state index in [-0.39, 0.29) is 10.5 Å². The SMILES string of the molecule is C#CC1(F)CC(O)=C(CO)O[C@H]1n1ccc(=S)[nH]c1=S. The number of hydrogen-bond donors (Lipinski definition) is 3. The number of aliphatic hydroxyl groups is 2. The minimum atomic E-state index is -2.29. The molecule has 1 aromatic heterocycles. The molecular weight excluding hydrogens is 303 g/mol. The van der Waals surface area contributed by atoms with Crippen LogP contribution in [-0.2, 0) is 4.74 Å². The fourth-order valence-corrected chi connectivity index (χ4v) is 2.35. The van der Waals surface area contributed by atoms with E-state index < -0.39 is 30.7 Å². The van der Waals surface area contributed by atoms with Gasteiger partial charge in [-0.3, -0.25) is 4.57 Å². The van der Waals surface area contributed by atoms with Crippen LogP contribution in [-0.4, -0.2) is 32.0 Å². The second-order valence-corrected chi connectivity index (χ2v) is 5.03. The van der Waals surface area contributed by atoms with Gasteiger partial charge in [0.2, 0.25) is 11.9 Å². The van der Waals surface area contributed by atoms with Crippen LogP contribution in [0, 0.1) is 21.8 Å². The van der Waals surface area contributed by atoms with Gasteiger partial charge in [-0.15, -0.1) is 6.42 Å². The van der Waals surface area contributed by atoms with Crippen molar-refractivity contribution in [3.63, 3.8) is 0 Å². The standard InChI is InChI=1S/C12H11FN2O3S2/c1-2-12(13)5-7(17)8(6-16)18-10(12)15-4-3-9(19)14-11(15)20/h1,3-4,10,16-17H,5-6H2,(H,14,19,20)/t10-,12?/m1/s1. The molecule has 2 atom stereocenters. The van der Waals surface area contributed by atoms with Crippen molar-refractivity contribution in [2.75, 3.05) is 6.61 Å². The van der Waals surface area contributed by atoms with Crippen molar-refractivity contribution in [1.82, 2.24) is 9.55 Å². The maximum atomic E-state index is 14.7. The van der Waals surface area contributed by atoms with Gasteiger partial charge in [-0.1, -0.05) is 18.1 Å². The molecule has 1 aliphatic heterocycles. The van der Waals surface area contributed by atoms with Crippen molar-refractivity contribution < 1.29 is 19.3 Å². The number of alkyl halides is 1. The normalized spacial score (nSPS) is 25.9. The van der Waals surface area contributed by atoms with E-state index in [1.807, 2.05) is 5.92 Å². The third-order valence-corrected chi connectivity index (χ3v) is 3.43. The van der Waals surface area contributed by atoms with Crippen LogP contribution in [0.2, 0.25) is 0 Å². The minimum Gasteiger partial charge on any atom is -0.509 e. The van der Waals surface area contributed by atoms with Crippen LogP contribution in [0.3, 0.4) is 0 Å². The number of rotatable bonds is 2. The Morgan fingerprint density at radius 3 is 2.90 bits per heavy atom. The number of halogens is 1. The van der Waals surface area contributed by atoms with Gasteiger partial charge in [0.15, 0.2) is 10.5 Å². The Balaban J connectivity index is 2.56. The van der Waals surface area contributed by atoms with E-state index in [0.29, 0.717) is 4.64 Å². The number of hydrogen-bond acceptors (Lipinski definition) is 5. The van der Waals surface area contributed by atoms with E-state index in [1.165, 1.54) is 16.8 Å². The summed E-state index contributed by atoms with van der Waals surface area (Å²) >= 11 is 9.97. The summed E-state index contributed by atoms with van der Waals surface area (Å²) in [5, 5.41) is 18.7. The van der Waals surface area contributed by atoms with Gasteiger partial charge in [-0.25, -0.2) is 4.39 Å². The number of terminal acetylenes is 1. The lowest BCUT2D eigenvalue weighted by molar-refractivity contribution is -0.0833. The Kier molecular flexibility index (Phi) is 3.94. The number of aliphatic hydroxyl groups excluding tert-OH is 2. The maximum Gasteiger partial charge on any atom is 0.233 e. The monoisotopic (exact) mass is 314 g/mol. The molecular formula is C12H11FN2O3S2. The highest BCUT2D eigenvalue weighted by Gasteiger charge is 2.46. The van der Waals surface area contributed by atoms with Gasteiger partial charge in [0.1, 0.15) is 17.0 Å². The summed E-state index contributed by atoms with van der Waals surface area (Å²) in [5.74, 6) is 1.42. The Morgan fingerprint density at radius 2 is 2.35 bits per heavy atom. The minimum absolute atomic E-state index is 0.124. The lowest BCUT2D eigenvalue weighted by atomic mass is 9.96. The Morgan fingerprint density at radius 1 is 1.65 bits per heavy atom. The first kappa shape index (κ1) is 14.7. The summed E-state index contributed by atoms with van der Waals surface area (Å²) in [6.45, 7) is -0.570. The maximum absolute atomic E-state index is 14.7. The zero-order chi connectivity index (χ0) is 14.9. The van der Waals surface area contributed by atoms with Crippen molar-refractivity contribution in [1.29, 1.82) is 0 Å². The first-order valence-corrected chi connectivity index (χ1v) is 6.39. The zero-order valence-electron chi connectivity index (χ0n) is 10.2. The number of aromatic nitrogens is 2. The molecule has 0 fully saturated rings. The molecule has 0 radical (unpaired) electrons. The smallest absolute Gasteiger partial charge is 0.233 e. The van der Waals surface area contributed by atoms with Crippen LogP contribution in [0.1, 0.15) is 12.6 Å². The molecule has 0 amide bonds. The third kappa shape index (κ3) is 2.47. The van der Waals surface area contributed by atoms with Gasteiger partial charge in [0.25, 0.3) is 0 Å². The summed E-state index contributed by atoms with van der Waals surface area (Å²) in [5.41, 5.74) is -2.29. The first-order chi connectivity index (χ1) is 9.41. The van der Waals surface area contributed by atoms with Crippen LogP contribution < -0.4 is 0 Å². The van der Waals surface area contributed by atoms with Crippen molar-refractivity contribution in [2.24, 2.45) is 0 Å². The average Bonchev–Trinajstić information content (AvgIpc) is 2.40. The molecule has 0 saturated heterocycles. The highest BCUT2D eigenvalue weighted by atomic mass is 32.1. The molecule has 0 aliphatic carbocycles. The zero-order valence-corrected chi connectivity index (χ0v) is 11.8. The van der Waals surface area contributed by atoms with Gasteiger partial charge in [0.05, 0.1) is 6.42 Å². The Bertz CT molecular complexity index is 718. The van der Waals surface area contributed by atoms with Gasteiger partial charge < -0.3 is 19.9 Å². The molecule has 8 heteroatoms. The molecule has 0 saturated carbocycles. The Hall–Kier alpha value is -1.69.